The van der Waals surface area contributed by atoms with Crippen molar-refractivity contribution in [2.45, 2.75) is 6.61 Å². The first-order chi connectivity index (χ1) is 10.7. The maximum atomic E-state index is 12.8. The molecular formula is C16H16FN3OS. The van der Waals surface area contributed by atoms with Crippen LogP contribution in [0.2, 0.25) is 0 Å². The van der Waals surface area contributed by atoms with Crippen LogP contribution in [0.25, 0.3) is 0 Å². The van der Waals surface area contributed by atoms with Crippen LogP contribution in [0.1, 0.15) is 11.1 Å². The highest BCUT2D eigenvalue weighted by Gasteiger charge is 1.98. The molecule has 0 atom stereocenters. The Labute approximate surface area is 134 Å². The smallest absolute Gasteiger partial charge is 0.186 e. The van der Waals surface area contributed by atoms with Gasteiger partial charge in [-0.25, -0.2) is 4.39 Å². The van der Waals surface area contributed by atoms with E-state index in [0.29, 0.717) is 17.5 Å². The van der Waals surface area contributed by atoms with E-state index < -0.39 is 0 Å². The number of hydrazone groups is 1. The monoisotopic (exact) mass is 317 g/mol. The largest absolute Gasteiger partial charge is 0.489 e. The van der Waals surface area contributed by atoms with Crippen molar-refractivity contribution in [3.8, 4) is 5.75 Å². The van der Waals surface area contributed by atoms with Crippen LogP contribution >= 0.6 is 12.2 Å². The Bertz CT molecular complexity index is 659. The summed E-state index contributed by atoms with van der Waals surface area (Å²) < 4.78 is 18.5. The van der Waals surface area contributed by atoms with Gasteiger partial charge in [0.15, 0.2) is 5.11 Å². The van der Waals surface area contributed by atoms with Gasteiger partial charge < -0.3 is 10.1 Å². The van der Waals surface area contributed by atoms with Gasteiger partial charge in [0.25, 0.3) is 0 Å². The summed E-state index contributed by atoms with van der Waals surface area (Å²) >= 11 is 4.91. The molecule has 2 aromatic rings. The number of nitrogens with zero attached hydrogens (tertiary/aromatic N) is 1. The number of thiocarbonyl (C=S) groups is 1. The number of rotatable bonds is 5. The average molecular weight is 317 g/mol. The molecule has 0 aliphatic heterocycles. The zero-order valence-corrected chi connectivity index (χ0v) is 12.9. The molecule has 0 radical (unpaired) electrons. The summed E-state index contributed by atoms with van der Waals surface area (Å²) in [5, 5.41) is 7.21. The number of benzene rings is 2. The fourth-order valence-corrected chi connectivity index (χ4v) is 1.71. The van der Waals surface area contributed by atoms with Crippen molar-refractivity contribution in [3.63, 3.8) is 0 Å². The number of nitrogens with one attached hydrogen (secondary N) is 2. The summed E-state index contributed by atoms with van der Waals surface area (Å²) in [5.41, 5.74) is 4.46. The van der Waals surface area contributed by atoms with Crippen LogP contribution < -0.4 is 15.5 Å². The van der Waals surface area contributed by atoms with Crippen molar-refractivity contribution in [1.82, 2.24) is 10.7 Å². The number of hydrogen-bond acceptors (Lipinski definition) is 3. The van der Waals surface area contributed by atoms with Gasteiger partial charge in [-0.15, -0.1) is 0 Å². The molecule has 0 saturated carbocycles. The molecule has 0 aliphatic rings. The van der Waals surface area contributed by atoms with E-state index in [1.807, 2.05) is 24.3 Å². The van der Waals surface area contributed by atoms with Crippen molar-refractivity contribution in [2.24, 2.45) is 5.10 Å². The molecule has 0 fully saturated rings. The van der Waals surface area contributed by atoms with E-state index in [-0.39, 0.29) is 5.82 Å². The lowest BCUT2D eigenvalue weighted by molar-refractivity contribution is 0.306. The Kier molecular flexibility index (Phi) is 5.85. The van der Waals surface area contributed by atoms with Gasteiger partial charge >= 0.3 is 0 Å². The van der Waals surface area contributed by atoms with Crippen LogP contribution in [0.4, 0.5) is 4.39 Å². The van der Waals surface area contributed by atoms with Gasteiger partial charge in [-0.3, -0.25) is 5.43 Å². The topological polar surface area (TPSA) is 45.7 Å². The molecule has 0 bridgehead atoms. The first kappa shape index (κ1) is 15.9. The van der Waals surface area contributed by atoms with Crippen LogP contribution in [0.5, 0.6) is 5.75 Å². The van der Waals surface area contributed by atoms with E-state index in [1.165, 1.54) is 12.1 Å². The van der Waals surface area contributed by atoms with Crippen molar-refractivity contribution in [3.05, 3.63) is 65.5 Å². The molecule has 0 aromatic heterocycles. The van der Waals surface area contributed by atoms with Crippen LogP contribution in [-0.2, 0) is 6.61 Å². The molecule has 0 heterocycles. The molecule has 6 heteroatoms. The van der Waals surface area contributed by atoms with E-state index in [0.717, 1.165) is 11.1 Å². The van der Waals surface area contributed by atoms with Crippen molar-refractivity contribution >= 4 is 23.5 Å². The minimum Gasteiger partial charge on any atom is -0.489 e. The molecule has 0 aliphatic carbocycles. The highest BCUT2D eigenvalue weighted by molar-refractivity contribution is 7.80. The molecule has 114 valence electrons. The maximum Gasteiger partial charge on any atom is 0.186 e. The lowest BCUT2D eigenvalue weighted by Gasteiger charge is -2.07. The van der Waals surface area contributed by atoms with Crippen molar-refractivity contribution < 1.29 is 9.13 Å². The Balaban J connectivity index is 1.93. The molecule has 22 heavy (non-hydrogen) atoms. The highest BCUT2D eigenvalue weighted by atomic mass is 32.1. The third-order valence-electron chi connectivity index (χ3n) is 2.78. The highest BCUT2D eigenvalue weighted by Crippen LogP contribution is 2.14. The average Bonchev–Trinajstić information content (AvgIpc) is 2.54. The fraction of sp³-hybridized carbons (Fsp3) is 0.125. The summed E-state index contributed by atoms with van der Waals surface area (Å²) in [7, 11) is 1.72. The van der Waals surface area contributed by atoms with Gasteiger partial charge in [-0.05, 0) is 47.6 Å². The lowest BCUT2D eigenvalue weighted by Crippen LogP contribution is -2.28. The predicted molar refractivity (Wildman–Crippen MR) is 89.6 cm³/mol. The number of hydrogen-bond donors (Lipinski definition) is 2. The summed E-state index contributed by atoms with van der Waals surface area (Å²) in [6, 6.07) is 13.7. The van der Waals surface area contributed by atoms with Gasteiger partial charge in [0, 0.05) is 7.05 Å². The van der Waals surface area contributed by atoms with Gasteiger partial charge in [-0.1, -0.05) is 24.3 Å². The third kappa shape index (κ3) is 5.14. The van der Waals surface area contributed by atoms with Gasteiger partial charge in [0.2, 0.25) is 0 Å². The SMILES string of the molecule is CNC(=S)N/N=C/c1cccc(OCc2ccc(F)cc2)c1. The fourth-order valence-electron chi connectivity index (χ4n) is 1.65. The Hall–Kier alpha value is -2.47. The maximum absolute atomic E-state index is 12.8. The molecular weight excluding hydrogens is 301 g/mol. The van der Waals surface area contributed by atoms with Crippen LogP contribution in [0.3, 0.4) is 0 Å². The molecule has 2 rings (SSSR count). The van der Waals surface area contributed by atoms with E-state index in [1.54, 1.807) is 25.4 Å². The number of halogens is 1. The molecule has 0 unspecified atom stereocenters. The second-order valence-corrected chi connectivity index (χ2v) is 4.85. The van der Waals surface area contributed by atoms with E-state index in [4.69, 9.17) is 17.0 Å². The first-order valence-corrected chi connectivity index (χ1v) is 7.06. The summed E-state index contributed by atoms with van der Waals surface area (Å²) in [6.07, 6.45) is 1.65. The molecule has 0 saturated heterocycles. The Morgan fingerprint density at radius 1 is 1.27 bits per heavy atom. The second-order valence-electron chi connectivity index (χ2n) is 4.44. The Morgan fingerprint density at radius 2 is 2.05 bits per heavy atom. The van der Waals surface area contributed by atoms with Crippen LogP contribution in [-0.4, -0.2) is 18.4 Å². The molecule has 0 spiro atoms. The number of ether oxygens (including phenoxy) is 1. The molecule has 4 nitrogen and oxygen atoms in total. The summed E-state index contributed by atoms with van der Waals surface area (Å²) in [6.45, 7) is 0.378. The van der Waals surface area contributed by atoms with Gasteiger partial charge in [-0.2, -0.15) is 5.10 Å². The molecule has 2 N–H and O–H groups in total. The van der Waals surface area contributed by atoms with Crippen LogP contribution in [0.15, 0.2) is 53.6 Å². The van der Waals surface area contributed by atoms with E-state index in [2.05, 4.69) is 15.8 Å². The molecule has 0 amide bonds. The lowest BCUT2D eigenvalue weighted by atomic mass is 10.2. The zero-order valence-electron chi connectivity index (χ0n) is 12.0. The zero-order chi connectivity index (χ0) is 15.8. The van der Waals surface area contributed by atoms with E-state index >= 15 is 0 Å². The first-order valence-electron chi connectivity index (χ1n) is 6.65. The quantitative estimate of drug-likeness (QED) is 0.506. The minimum atomic E-state index is -0.256. The predicted octanol–water partition coefficient (Wildman–Crippen LogP) is 2.83. The van der Waals surface area contributed by atoms with Crippen molar-refractivity contribution in [1.29, 1.82) is 0 Å². The summed E-state index contributed by atoms with van der Waals surface area (Å²) in [4.78, 5) is 0. The minimum absolute atomic E-state index is 0.256. The van der Waals surface area contributed by atoms with Crippen LogP contribution in [0, 0.1) is 5.82 Å². The molecule has 2 aromatic carbocycles. The van der Waals surface area contributed by atoms with Gasteiger partial charge in [0.05, 0.1) is 6.21 Å². The van der Waals surface area contributed by atoms with Gasteiger partial charge in [0.1, 0.15) is 18.2 Å². The third-order valence-corrected chi connectivity index (χ3v) is 3.08. The van der Waals surface area contributed by atoms with Crippen molar-refractivity contribution in [2.75, 3.05) is 7.05 Å². The normalized spacial score (nSPS) is 10.5. The van der Waals surface area contributed by atoms with E-state index in [9.17, 15) is 4.39 Å². The second kappa shape index (κ2) is 8.09. The Morgan fingerprint density at radius 3 is 2.77 bits per heavy atom. The summed E-state index contributed by atoms with van der Waals surface area (Å²) in [5.74, 6) is 0.457. The standard InChI is InChI=1S/C16H16FN3OS/c1-18-16(22)20-19-10-13-3-2-4-15(9-13)21-11-12-5-7-14(17)8-6-12/h2-10H,11H2,1H3,(H2,18,20,22)/b19-10+.